The molecule has 0 aromatic carbocycles. The smallest absolute Gasteiger partial charge is 0.146 e. The number of nitriles is 1. The van der Waals surface area contributed by atoms with Crippen molar-refractivity contribution in [2.24, 2.45) is 11.7 Å². The van der Waals surface area contributed by atoms with Crippen LogP contribution in [0.15, 0.2) is 6.07 Å². The van der Waals surface area contributed by atoms with Gasteiger partial charge in [-0.05, 0) is 56.6 Å². The van der Waals surface area contributed by atoms with Crippen LogP contribution >= 0.6 is 0 Å². The molecule has 2 atom stereocenters. The molecule has 20 heavy (non-hydrogen) atoms. The fraction of sp³-hybridized carbons (Fsp3) is 0.625. The molecule has 4 heteroatoms. The maximum atomic E-state index is 9.41. The van der Waals surface area contributed by atoms with Crippen molar-refractivity contribution in [1.82, 2.24) is 4.98 Å². The number of hydrogen-bond acceptors (Lipinski definition) is 4. The van der Waals surface area contributed by atoms with E-state index in [2.05, 4.69) is 24.0 Å². The average Bonchev–Trinajstić information content (AvgIpc) is 2.95. The molecule has 0 bridgehead atoms. The highest BCUT2D eigenvalue weighted by Gasteiger charge is 2.28. The van der Waals surface area contributed by atoms with Crippen molar-refractivity contribution < 1.29 is 0 Å². The molecule has 2 N–H and O–H groups in total. The zero-order valence-corrected chi connectivity index (χ0v) is 12.1. The monoisotopic (exact) mass is 270 g/mol. The molecule has 4 nitrogen and oxygen atoms in total. The summed E-state index contributed by atoms with van der Waals surface area (Å²) < 4.78 is 0. The second-order valence-corrected chi connectivity index (χ2v) is 6.14. The second kappa shape index (κ2) is 5.41. The Balaban J connectivity index is 1.91. The molecule has 1 saturated heterocycles. The standard InChI is InChI=1S/C16H22N4/c1-11(18)13-6-7-20(10-13)16-14(9-17)8-12-4-2-3-5-15(12)19-16/h8,11,13H,2-7,10,18H2,1H3. The van der Waals surface area contributed by atoms with E-state index in [4.69, 9.17) is 10.7 Å². The van der Waals surface area contributed by atoms with Crippen LogP contribution in [0.2, 0.25) is 0 Å². The summed E-state index contributed by atoms with van der Waals surface area (Å²) in [6.45, 7) is 3.96. The molecule has 106 valence electrons. The second-order valence-electron chi connectivity index (χ2n) is 6.14. The molecular formula is C16H22N4. The van der Waals surface area contributed by atoms with Crippen molar-refractivity contribution in [3.05, 3.63) is 22.9 Å². The minimum Gasteiger partial charge on any atom is -0.355 e. The summed E-state index contributed by atoms with van der Waals surface area (Å²) in [5.74, 6) is 1.40. The average molecular weight is 270 g/mol. The largest absolute Gasteiger partial charge is 0.355 e. The lowest BCUT2D eigenvalue weighted by Crippen LogP contribution is -2.30. The van der Waals surface area contributed by atoms with Gasteiger partial charge >= 0.3 is 0 Å². The number of rotatable bonds is 2. The van der Waals surface area contributed by atoms with Crippen molar-refractivity contribution in [3.8, 4) is 6.07 Å². The lowest BCUT2D eigenvalue weighted by molar-refractivity contribution is 0.488. The maximum Gasteiger partial charge on any atom is 0.146 e. The van der Waals surface area contributed by atoms with Gasteiger partial charge in [-0.1, -0.05) is 0 Å². The summed E-state index contributed by atoms with van der Waals surface area (Å²) in [5, 5.41) is 9.41. The Bertz CT molecular complexity index is 544. The van der Waals surface area contributed by atoms with Gasteiger partial charge in [-0.2, -0.15) is 5.26 Å². The van der Waals surface area contributed by atoms with E-state index in [1.165, 1.54) is 24.1 Å². The third-order valence-electron chi connectivity index (χ3n) is 4.67. The lowest BCUT2D eigenvalue weighted by Gasteiger charge is -2.23. The van der Waals surface area contributed by atoms with Crippen molar-refractivity contribution in [3.63, 3.8) is 0 Å². The van der Waals surface area contributed by atoms with Gasteiger partial charge in [-0.15, -0.1) is 0 Å². The summed E-state index contributed by atoms with van der Waals surface area (Å²) in [5.41, 5.74) is 9.22. The quantitative estimate of drug-likeness (QED) is 0.892. The predicted molar refractivity (Wildman–Crippen MR) is 79.6 cm³/mol. The van der Waals surface area contributed by atoms with Crippen LogP contribution in [0, 0.1) is 17.2 Å². The Hall–Kier alpha value is -1.60. The summed E-state index contributed by atoms with van der Waals surface area (Å²) >= 11 is 0. The number of nitrogens with zero attached hydrogens (tertiary/aromatic N) is 3. The summed E-state index contributed by atoms with van der Waals surface area (Å²) in [6, 6.07) is 4.61. The number of anilines is 1. The molecule has 0 saturated carbocycles. The highest BCUT2D eigenvalue weighted by Crippen LogP contribution is 2.30. The van der Waals surface area contributed by atoms with E-state index in [9.17, 15) is 5.26 Å². The lowest BCUT2D eigenvalue weighted by atomic mass is 9.95. The first kappa shape index (κ1) is 13.4. The van der Waals surface area contributed by atoms with E-state index in [0.29, 0.717) is 5.92 Å². The zero-order chi connectivity index (χ0) is 14.1. The van der Waals surface area contributed by atoms with Crippen LogP contribution in [-0.4, -0.2) is 24.1 Å². The van der Waals surface area contributed by atoms with Crippen LogP contribution in [0.1, 0.15) is 43.0 Å². The molecule has 2 heterocycles. The Morgan fingerprint density at radius 2 is 2.25 bits per heavy atom. The molecule has 1 aromatic rings. The third kappa shape index (κ3) is 2.38. The van der Waals surface area contributed by atoms with E-state index in [-0.39, 0.29) is 6.04 Å². The van der Waals surface area contributed by atoms with Crippen LogP contribution in [0.3, 0.4) is 0 Å². The van der Waals surface area contributed by atoms with Crippen molar-refractivity contribution >= 4 is 5.82 Å². The fourth-order valence-corrected chi connectivity index (χ4v) is 3.35. The van der Waals surface area contributed by atoms with Gasteiger partial charge < -0.3 is 10.6 Å². The van der Waals surface area contributed by atoms with Crippen molar-refractivity contribution in [1.29, 1.82) is 5.26 Å². The van der Waals surface area contributed by atoms with E-state index in [1.807, 2.05) is 0 Å². The van der Waals surface area contributed by atoms with Gasteiger partial charge in [-0.25, -0.2) is 4.98 Å². The van der Waals surface area contributed by atoms with Gasteiger partial charge in [0.05, 0.1) is 5.56 Å². The van der Waals surface area contributed by atoms with Crippen LogP contribution in [0.25, 0.3) is 0 Å². The highest BCUT2D eigenvalue weighted by atomic mass is 15.2. The molecule has 0 radical (unpaired) electrons. The first-order valence-corrected chi connectivity index (χ1v) is 7.62. The molecule has 0 spiro atoms. The Labute approximate surface area is 120 Å². The number of fused-ring (bicyclic) bond motifs is 1. The van der Waals surface area contributed by atoms with Crippen molar-refractivity contribution in [2.75, 3.05) is 18.0 Å². The Kier molecular flexibility index (Phi) is 3.62. The number of nitrogens with two attached hydrogens (primary N) is 1. The molecule has 0 amide bonds. The van der Waals surface area contributed by atoms with Gasteiger partial charge in [0.15, 0.2) is 0 Å². The van der Waals surface area contributed by atoms with Gasteiger partial charge in [0.2, 0.25) is 0 Å². The van der Waals surface area contributed by atoms with Gasteiger partial charge in [-0.3, -0.25) is 0 Å². The molecule has 1 aliphatic carbocycles. The van der Waals surface area contributed by atoms with E-state index >= 15 is 0 Å². The van der Waals surface area contributed by atoms with Crippen LogP contribution in [-0.2, 0) is 12.8 Å². The molecule has 1 aliphatic heterocycles. The minimum absolute atomic E-state index is 0.211. The topological polar surface area (TPSA) is 65.9 Å². The highest BCUT2D eigenvalue weighted by molar-refractivity contribution is 5.57. The number of pyridine rings is 1. The molecule has 2 unspecified atom stereocenters. The summed E-state index contributed by atoms with van der Waals surface area (Å²) in [7, 11) is 0. The predicted octanol–water partition coefficient (Wildman–Crippen LogP) is 2.01. The van der Waals surface area contributed by atoms with E-state index in [0.717, 1.165) is 43.7 Å². The summed E-state index contributed by atoms with van der Waals surface area (Å²) in [6.07, 6.45) is 5.66. The van der Waals surface area contributed by atoms with Crippen LogP contribution in [0.4, 0.5) is 5.82 Å². The van der Waals surface area contributed by atoms with Crippen LogP contribution in [0.5, 0.6) is 0 Å². The molecule has 1 fully saturated rings. The number of aromatic nitrogens is 1. The van der Waals surface area contributed by atoms with Crippen LogP contribution < -0.4 is 10.6 Å². The third-order valence-corrected chi connectivity index (χ3v) is 4.67. The normalized spacial score (nSPS) is 23.2. The molecular weight excluding hydrogens is 248 g/mol. The van der Waals surface area contributed by atoms with E-state index < -0.39 is 0 Å². The zero-order valence-electron chi connectivity index (χ0n) is 12.1. The number of hydrogen-bond donors (Lipinski definition) is 1. The van der Waals surface area contributed by atoms with Crippen molar-refractivity contribution in [2.45, 2.75) is 45.1 Å². The van der Waals surface area contributed by atoms with Gasteiger partial charge in [0.25, 0.3) is 0 Å². The maximum absolute atomic E-state index is 9.41. The SMILES string of the molecule is CC(N)C1CCN(c2nc3c(cc2C#N)CCCC3)C1. The number of aryl methyl sites for hydroxylation is 2. The first-order chi connectivity index (χ1) is 9.69. The summed E-state index contributed by atoms with van der Waals surface area (Å²) in [4.78, 5) is 7.07. The van der Waals surface area contributed by atoms with Gasteiger partial charge in [0, 0.05) is 24.8 Å². The molecule has 3 rings (SSSR count). The Morgan fingerprint density at radius 1 is 1.45 bits per heavy atom. The minimum atomic E-state index is 0.211. The Morgan fingerprint density at radius 3 is 2.95 bits per heavy atom. The first-order valence-electron chi connectivity index (χ1n) is 7.62. The molecule has 1 aromatic heterocycles. The molecule has 2 aliphatic rings. The van der Waals surface area contributed by atoms with Gasteiger partial charge in [0.1, 0.15) is 11.9 Å². The fourth-order valence-electron chi connectivity index (χ4n) is 3.35. The van der Waals surface area contributed by atoms with E-state index in [1.54, 1.807) is 0 Å².